The highest BCUT2D eigenvalue weighted by atomic mass is 31.3. The second kappa shape index (κ2) is 8.66. The number of hydrogen-bond donors (Lipinski definition) is 9. The van der Waals surface area contributed by atoms with E-state index in [0.29, 0.717) is 0 Å². The number of fused-ring (bicyclic) bond motifs is 1. The van der Waals surface area contributed by atoms with Gasteiger partial charge in [-0.15, -0.1) is 4.86 Å². The number of nitrogens with one attached hydrogen (secondary N) is 2. The van der Waals surface area contributed by atoms with Crippen molar-refractivity contribution in [3.63, 3.8) is 0 Å². The number of aliphatic hydroxyl groups excluding tert-OH is 2. The Morgan fingerprint density at radius 2 is 1.88 bits per heavy atom. The second-order valence-corrected chi connectivity index (χ2v) is 11.1. The average molecular weight is 522 g/mol. The number of hydrogen-bond acceptors (Lipinski definition) is 12. The van der Waals surface area contributed by atoms with Crippen LogP contribution in [-0.2, 0) is 27.3 Å². The standard InChI is InChI=1S/C10H17N6O13P3/c11-10-13-7-4(8(19)14-10)12-2-16(7)9-6(18)5(17)3(28-9)1-27-32(25,26)29-31(23,24)15-30(20,21)22/h2-3,5-6,9,17-18H,1H2,(H,25,26)(H3,11,13,14,19)(H4,15,20,21,22,23,24)/t3-,5+,6-,9-/m1/s1. The Hall–Kier alpha value is -1.56. The quantitative estimate of drug-likeness (QED) is 0.159. The summed E-state index contributed by atoms with van der Waals surface area (Å²) in [5, 5.41) is 20.4. The maximum absolute atomic E-state index is 11.9. The summed E-state index contributed by atoms with van der Waals surface area (Å²) in [7, 11) is -16.2. The van der Waals surface area contributed by atoms with E-state index >= 15 is 0 Å². The van der Waals surface area contributed by atoms with Gasteiger partial charge in [0.05, 0.1) is 12.9 Å². The first kappa shape index (κ1) is 25.1. The number of aromatic nitrogens is 4. The fraction of sp³-hybridized carbons (Fsp3) is 0.500. The van der Waals surface area contributed by atoms with Crippen molar-refractivity contribution in [3.05, 3.63) is 16.7 Å². The number of nitrogens with two attached hydrogens (primary N) is 1. The van der Waals surface area contributed by atoms with Crippen LogP contribution in [0.25, 0.3) is 11.2 Å². The molecule has 2 unspecified atom stereocenters. The SMILES string of the molecule is Nc1nc2c(ncn2[C@@H]2O[C@H](COP(=O)(O)OP(=O)(O)NP(=O)(O)O)[C@H](O)[C@H]2O)c(=O)[nH]1. The molecule has 0 spiro atoms. The molecule has 22 heteroatoms. The molecule has 2 aromatic rings. The largest absolute Gasteiger partial charge is 0.480 e. The van der Waals surface area contributed by atoms with Gasteiger partial charge in [0.2, 0.25) is 5.95 Å². The number of imidazole rings is 1. The van der Waals surface area contributed by atoms with Crippen molar-refractivity contribution >= 4 is 40.4 Å². The van der Waals surface area contributed by atoms with Crippen molar-refractivity contribution in [1.29, 1.82) is 0 Å². The van der Waals surface area contributed by atoms with Crippen molar-refractivity contribution in [2.75, 3.05) is 12.3 Å². The van der Waals surface area contributed by atoms with Crippen LogP contribution in [0.5, 0.6) is 0 Å². The zero-order valence-electron chi connectivity index (χ0n) is 15.4. The van der Waals surface area contributed by atoms with Crippen LogP contribution in [0.2, 0.25) is 0 Å². The number of anilines is 1. The predicted octanol–water partition coefficient (Wildman–Crippen LogP) is -2.76. The lowest BCUT2D eigenvalue weighted by Gasteiger charge is -2.19. The maximum Gasteiger partial charge on any atom is 0.480 e. The number of H-pyrrole nitrogens is 1. The molecule has 2 aromatic heterocycles. The minimum absolute atomic E-state index is 0.107. The van der Waals surface area contributed by atoms with Crippen LogP contribution in [0.1, 0.15) is 6.23 Å². The van der Waals surface area contributed by atoms with Crippen LogP contribution in [-0.4, -0.2) is 74.2 Å². The molecule has 10 N–H and O–H groups in total. The average Bonchev–Trinajstić information content (AvgIpc) is 3.12. The highest BCUT2D eigenvalue weighted by Crippen LogP contribution is 2.61. The van der Waals surface area contributed by atoms with Crippen LogP contribution in [0.3, 0.4) is 0 Å². The first-order chi connectivity index (χ1) is 14.6. The van der Waals surface area contributed by atoms with Crippen LogP contribution < -0.4 is 16.2 Å². The number of phosphoric ester groups is 1. The summed E-state index contributed by atoms with van der Waals surface area (Å²) in [5.74, 6) is -0.270. The molecule has 0 saturated carbocycles. The molecule has 1 saturated heterocycles. The van der Waals surface area contributed by atoms with Crippen molar-refractivity contribution < 1.29 is 57.1 Å². The molecule has 180 valence electrons. The van der Waals surface area contributed by atoms with Crippen molar-refractivity contribution in [2.24, 2.45) is 0 Å². The van der Waals surface area contributed by atoms with Gasteiger partial charge in [0.15, 0.2) is 17.4 Å². The molecule has 0 radical (unpaired) electrons. The van der Waals surface area contributed by atoms with E-state index in [1.54, 1.807) is 0 Å². The van der Waals surface area contributed by atoms with E-state index in [1.165, 1.54) is 0 Å². The van der Waals surface area contributed by atoms with Crippen molar-refractivity contribution in [1.82, 2.24) is 24.4 Å². The molecule has 3 heterocycles. The Bertz CT molecular complexity index is 1210. The van der Waals surface area contributed by atoms with E-state index in [-0.39, 0.29) is 17.1 Å². The van der Waals surface area contributed by atoms with E-state index in [1.807, 2.05) is 0 Å². The molecule has 0 aliphatic carbocycles. The number of nitrogens with zero attached hydrogens (tertiary/aromatic N) is 3. The normalized spacial score (nSPS) is 27.9. The summed E-state index contributed by atoms with van der Waals surface area (Å²) in [6.45, 7) is -0.985. The molecule has 0 bridgehead atoms. The van der Waals surface area contributed by atoms with Crippen molar-refractivity contribution in [2.45, 2.75) is 24.5 Å². The van der Waals surface area contributed by atoms with Gasteiger partial charge in [-0.1, -0.05) is 0 Å². The molecule has 0 aromatic carbocycles. The number of phosphoric acid groups is 1. The summed E-state index contributed by atoms with van der Waals surface area (Å²) >= 11 is 0. The smallest absolute Gasteiger partial charge is 0.387 e. The molecule has 19 nitrogen and oxygen atoms in total. The van der Waals surface area contributed by atoms with E-state index in [4.69, 9.17) is 20.3 Å². The minimum Gasteiger partial charge on any atom is -0.387 e. The minimum atomic E-state index is -5.48. The van der Waals surface area contributed by atoms with Gasteiger partial charge in [0.25, 0.3) is 5.56 Å². The van der Waals surface area contributed by atoms with Crippen LogP contribution in [0, 0.1) is 0 Å². The Morgan fingerprint density at radius 1 is 1.22 bits per heavy atom. The van der Waals surface area contributed by atoms with Crippen molar-refractivity contribution in [3.8, 4) is 0 Å². The molecule has 1 aliphatic heterocycles. The Kier molecular flexibility index (Phi) is 6.78. The molecular formula is C10H17N6O13P3. The van der Waals surface area contributed by atoms with Gasteiger partial charge in [-0.2, -0.15) is 9.29 Å². The second-order valence-electron chi connectivity index (χ2n) is 6.33. The Balaban J connectivity index is 1.72. The van der Waals surface area contributed by atoms with E-state index in [2.05, 4.69) is 23.8 Å². The first-order valence-corrected chi connectivity index (χ1v) is 12.9. The molecule has 6 atom stereocenters. The monoisotopic (exact) mass is 522 g/mol. The molecule has 3 rings (SSSR count). The Morgan fingerprint density at radius 3 is 2.50 bits per heavy atom. The maximum atomic E-state index is 11.9. The first-order valence-electron chi connectivity index (χ1n) is 8.19. The fourth-order valence-corrected chi connectivity index (χ4v) is 6.17. The van der Waals surface area contributed by atoms with Gasteiger partial charge < -0.3 is 40.3 Å². The van der Waals surface area contributed by atoms with E-state index in [0.717, 1.165) is 15.8 Å². The number of rotatable bonds is 8. The molecule has 1 aliphatic rings. The lowest BCUT2D eigenvalue weighted by atomic mass is 10.1. The van der Waals surface area contributed by atoms with Gasteiger partial charge in [0, 0.05) is 0 Å². The fourth-order valence-electron chi connectivity index (χ4n) is 2.74. The third kappa shape index (κ3) is 5.67. The van der Waals surface area contributed by atoms with E-state index in [9.17, 15) is 38.5 Å². The molecular weight excluding hydrogens is 505 g/mol. The topological polar surface area (TPSA) is 302 Å². The third-order valence-electron chi connectivity index (χ3n) is 3.93. The number of ether oxygens (including phenoxy) is 1. The van der Waals surface area contributed by atoms with Gasteiger partial charge >= 0.3 is 23.3 Å². The zero-order chi connectivity index (χ0) is 24.1. The highest BCUT2D eigenvalue weighted by Gasteiger charge is 2.46. The van der Waals surface area contributed by atoms with Crippen LogP contribution in [0.15, 0.2) is 11.1 Å². The number of aromatic amines is 1. The lowest BCUT2D eigenvalue weighted by Crippen LogP contribution is -2.33. The predicted molar refractivity (Wildman–Crippen MR) is 100 cm³/mol. The van der Waals surface area contributed by atoms with Gasteiger partial charge in [0.1, 0.15) is 18.3 Å². The third-order valence-corrected chi connectivity index (χ3v) is 8.17. The lowest BCUT2D eigenvalue weighted by molar-refractivity contribution is -0.0501. The summed E-state index contributed by atoms with van der Waals surface area (Å²) in [5.41, 5.74) is 4.52. The highest BCUT2D eigenvalue weighted by molar-refractivity contribution is 7.70. The summed E-state index contributed by atoms with van der Waals surface area (Å²) in [4.78, 5) is 58.5. The molecule has 1 fully saturated rings. The van der Waals surface area contributed by atoms with Gasteiger partial charge in [-0.25, -0.2) is 18.7 Å². The summed E-state index contributed by atoms with van der Waals surface area (Å²) in [6.07, 6.45) is -5.26. The van der Waals surface area contributed by atoms with Gasteiger partial charge in [-0.3, -0.25) is 18.9 Å². The van der Waals surface area contributed by atoms with E-state index < -0.39 is 60.0 Å². The van der Waals surface area contributed by atoms with Gasteiger partial charge in [-0.05, 0) is 0 Å². The number of nitrogen functional groups attached to an aromatic ring is 1. The molecule has 0 amide bonds. The van der Waals surface area contributed by atoms with Crippen LogP contribution >= 0.6 is 23.3 Å². The Labute approximate surface area is 176 Å². The summed E-state index contributed by atoms with van der Waals surface area (Å²) in [6, 6.07) is 0. The number of aliphatic hydroxyl groups is 2. The van der Waals surface area contributed by atoms with Crippen LogP contribution in [0.4, 0.5) is 5.95 Å². The molecule has 32 heavy (non-hydrogen) atoms. The zero-order valence-corrected chi connectivity index (χ0v) is 18.1. The summed E-state index contributed by atoms with van der Waals surface area (Å²) < 4.78 is 48.7.